The van der Waals surface area contributed by atoms with Crippen LogP contribution in [0.3, 0.4) is 0 Å². The molecule has 0 spiro atoms. The van der Waals surface area contributed by atoms with Crippen LogP contribution < -0.4 is 0 Å². The molecular formula is C11H13Cl2N. The minimum Gasteiger partial charge on any atom is -0.219 e. The summed E-state index contributed by atoms with van der Waals surface area (Å²) in [6, 6.07) is 6.14. The van der Waals surface area contributed by atoms with Crippen LogP contribution in [0, 0.1) is 0 Å². The molecule has 0 aliphatic carbocycles. The maximum absolute atomic E-state index is 6.05. The summed E-state index contributed by atoms with van der Waals surface area (Å²) in [4.78, 5) is 0. The molecule has 76 valence electrons. The molecule has 0 N–H and O–H groups in total. The molecular weight excluding hydrogens is 217 g/mol. The van der Waals surface area contributed by atoms with E-state index >= 15 is 0 Å². The van der Waals surface area contributed by atoms with Crippen LogP contribution in [0.2, 0.25) is 5.02 Å². The predicted octanol–water partition coefficient (Wildman–Crippen LogP) is 3.46. The lowest BCUT2D eigenvalue weighted by Gasteiger charge is -2.14. The Hall–Kier alpha value is -0.240. The zero-order valence-electron chi connectivity index (χ0n) is 8.13. The Morgan fingerprint density at radius 2 is 2.21 bits per heavy atom. The van der Waals surface area contributed by atoms with Gasteiger partial charge in [0, 0.05) is 18.1 Å². The van der Waals surface area contributed by atoms with Gasteiger partial charge in [-0.2, -0.15) is 0 Å². The lowest BCUT2D eigenvalue weighted by molar-refractivity contribution is 0.446. The van der Waals surface area contributed by atoms with Crippen molar-refractivity contribution < 1.29 is 0 Å². The largest absolute Gasteiger partial charge is 0.219 e. The summed E-state index contributed by atoms with van der Waals surface area (Å²) in [6.45, 7) is 4.01. The second kappa shape index (κ2) is 4.09. The fraction of sp³-hybridized carbons (Fsp3) is 0.455. The smallest absolute Gasteiger partial charge is 0.0409 e. The maximum atomic E-state index is 6.05. The molecule has 2 rings (SSSR count). The van der Waals surface area contributed by atoms with E-state index in [2.05, 4.69) is 19.1 Å². The number of fused-ring (bicyclic) bond motifs is 1. The lowest BCUT2D eigenvalue weighted by atomic mass is 9.96. The van der Waals surface area contributed by atoms with Crippen LogP contribution in [0.4, 0.5) is 0 Å². The number of halogens is 2. The molecule has 1 aliphatic heterocycles. The average Bonchev–Trinajstić information content (AvgIpc) is 2.27. The highest BCUT2D eigenvalue weighted by atomic mass is 35.5. The van der Waals surface area contributed by atoms with Gasteiger partial charge in [0.25, 0.3) is 0 Å². The van der Waals surface area contributed by atoms with Crippen LogP contribution in [0.1, 0.15) is 24.0 Å². The summed E-state index contributed by atoms with van der Waals surface area (Å²) in [7, 11) is 0. The quantitative estimate of drug-likeness (QED) is 0.617. The standard InChI is InChI=1S/C11H13Cl2N/c1-8-7-14(13)5-4-9-2-3-10(12)6-11(8)9/h2-3,6,8H,4-5,7H2,1H3. The monoisotopic (exact) mass is 229 g/mol. The van der Waals surface area contributed by atoms with Gasteiger partial charge in [-0.05, 0) is 47.4 Å². The van der Waals surface area contributed by atoms with Gasteiger partial charge in [0.05, 0.1) is 0 Å². The third kappa shape index (κ3) is 2.05. The number of rotatable bonds is 0. The first-order valence-corrected chi connectivity index (χ1v) is 5.57. The highest BCUT2D eigenvalue weighted by Crippen LogP contribution is 2.28. The summed E-state index contributed by atoms with van der Waals surface area (Å²) in [5.74, 6) is 0.462. The molecule has 1 aliphatic rings. The Bertz CT molecular complexity index is 338. The van der Waals surface area contributed by atoms with E-state index < -0.39 is 0 Å². The van der Waals surface area contributed by atoms with E-state index in [1.165, 1.54) is 11.1 Å². The van der Waals surface area contributed by atoms with Crippen LogP contribution in [-0.2, 0) is 6.42 Å². The van der Waals surface area contributed by atoms with E-state index in [-0.39, 0.29) is 0 Å². The summed E-state index contributed by atoms with van der Waals surface area (Å²) in [6.07, 6.45) is 1.01. The third-order valence-electron chi connectivity index (χ3n) is 2.73. The molecule has 14 heavy (non-hydrogen) atoms. The SMILES string of the molecule is CC1CN(Cl)CCc2ccc(Cl)cc21. The van der Waals surface area contributed by atoms with Crippen LogP contribution in [-0.4, -0.2) is 17.5 Å². The molecule has 1 heterocycles. The zero-order valence-corrected chi connectivity index (χ0v) is 9.65. The minimum atomic E-state index is 0.462. The van der Waals surface area contributed by atoms with Crippen LogP contribution >= 0.6 is 23.4 Å². The summed E-state index contributed by atoms with van der Waals surface area (Å²) in [5, 5.41) is 0.818. The summed E-state index contributed by atoms with van der Waals surface area (Å²) in [5.41, 5.74) is 2.73. The predicted molar refractivity (Wildman–Crippen MR) is 61.0 cm³/mol. The normalized spacial score (nSPS) is 22.9. The highest BCUT2D eigenvalue weighted by Gasteiger charge is 2.18. The van der Waals surface area contributed by atoms with Gasteiger partial charge in [0.2, 0.25) is 0 Å². The minimum absolute atomic E-state index is 0.462. The summed E-state index contributed by atoms with van der Waals surface area (Å²) >= 11 is 12.0. The summed E-state index contributed by atoms with van der Waals surface area (Å²) < 4.78 is 1.86. The molecule has 0 saturated heterocycles. The molecule has 0 aromatic heterocycles. The molecule has 0 fully saturated rings. The number of hydrogen-bond acceptors (Lipinski definition) is 1. The van der Waals surface area contributed by atoms with E-state index in [1.54, 1.807) is 0 Å². The van der Waals surface area contributed by atoms with Gasteiger partial charge < -0.3 is 0 Å². The molecule has 1 nitrogen and oxygen atoms in total. The van der Waals surface area contributed by atoms with Crippen molar-refractivity contribution in [2.75, 3.05) is 13.1 Å². The Kier molecular flexibility index (Phi) is 3.01. The van der Waals surface area contributed by atoms with Crippen molar-refractivity contribution in [2.24, 2.45) is 0 Å². The van der Waals surface area contributed by atoms with Gasteiger partial charge in [0.15, 0.2) is 0 Å². The Morgan fingerprint density at radius 1 is 1.43 bits per heavy atom. The van der Waals surface area contributed by atoms with E-state index in [9.17, 15) is 0 Å². The molecule has 0 bridgehead atoms. The van der Waals surface area contributed by atoms with E-state index in [0.29, 0.717) is 5.92 Å². The Labute approximate surface area is 94.7 Å². The number of benzene rings is 1. The van der Waals surface area contributed by atoms with Crippen molar-refractivity contribution in [2.45, 2.75) is 19.3 Å². The first-order valence-electron chi connectivity index (χ1n) is 4.86. The molecule has 1 aromatic rings. The van der Waals surface area contributed by atoms with Crippen molar-refractivity contribution in [3.8, 4) is 0 Å². The molecule has 1 unspecified atom stereocenters. The van der Waals surface area contributed by atoms with E-state index in [0.717, 1.165) is 24.5 Å². The van der Waals surface area contributed by atoms with Crippen molar-refractivity contribution in [3.63, 3.8) is 0 Å². The van der Waals surface area contributed by atoms with E-state index in [1.807, 2.05) is 10.5 Å². The molecule has 0 saturated carbocycles. The van der Waals surface area contributed by atoms with Crippen LogP contribution in [0.25, 0.3) is 0 Å². The highest BCUT2D eigenvalue weighted by molar-refractivity contribution is 6.30. The Morgan fingerprint density at radius 3 is 3.00 bits per heavy atom. The van der Waals surface area contributed by atoms with Crippen molar-refractivity contribution in [1.82, 2.24) is 4.42 Å². The number of hydrogen-bond donors (Lipinski definition) is 0. The molecule has 0 radical (unpaired) electrons. The Balaban J connectivity index is 2.39. The molecule has 1 atom stereocenters. The second-order valence-corrected chi connectivity index (χ2v) is 4.78. The zero-order chi connectivity index (χ0) is 10.1. The van der Waals surface area contributed by atoms with Gasteiger partial charge in [-0.1, -0.05) is 24.6 Å². The average molecular weight is 230 g/mol. The first-order chi connectivity index (χ1) is 6.66. The lowest BCUT2D eigenvalue weighted by Crippen LogP contribution is -2.16. The van der Waals surface area contributed by atoms with E-state index in [4.69, 9.17) is 23.4 Å². The maximum Gasteiger partial charge on any atom is 0.0409 e. The van der Waals surface area contributed by atoms with Gasteiger partial charge >= 0.3 is 0 Å². The molecule has 3 heteroatoms. The number of nitrogens with zero attached hydrogens (tertiary/aromatic N) is 1. The van der Waals surface area contributed by atoms with Gasteiger partial charge in [-0.15, -0.1) is 0 Å². The van der Waals surface area contributed by atoms with Crippen LogP contribution in [0.15, 0.2) is 18.2 Å². The fourth-order valence-corrected chi connectivity index (χ4v) is 2.45. The topological polar surface area (TPSA) is 3.24 Å². The van der Waals surface area contributed by atoms with Gasteiger partial charge in [0.1, 0.15) is 0 Å². The van der Waals surface area contributed by atoms with Crippen molar-refractivity contribution in [3.05, 3.63) is 34.3 Å². The fourth-order valence-electron chi connectivity index (χ4n) is 1.98. The molecule has 0 amide bonds. The second-order valence-electron chi connectivity index (χ2n) is 3.86. The van der Waals surface area contributed by atoms with Crippen molar-refractivity contribution in [1.29, 1.82) is 0 Å². The van der Waals surface area contributed by atoms with Crippen LogP contribution in [0.5, 0.6) is 0 Å². The van der Waals surface area contributed by atoms with Crippen molar-refractivity contribution >= 4 is 23.4 Å². The van der Waals surface area contributed by atoms with Gasteiger partial charge in [-0.3, -0.25) is 0 Å². The molecule has 1 aromatic carbocycles. The van der Waals surface area contributed by atoms with Gasteiger partial charge in [-0.25, -0.2) is 4.42 Å². The third-order valence-corrected chi connectivity index (χ3v) is 3.28. The first kappa shape index (κ1) is 10.3.